The molecule has 0 saturated heterocycles. The van der Waals surface area contributed by atoms with E-state index < -0.39 is 5.91 Å². The zero-order valence-electron chi connectivity index (χ0n) is 13.7. The molecule has 0 aromatic heterocycles. The molecule has 2 aromatic rings. The third-order valence-corrected chi connectivity index (χ3v) is 3.56. The van der Waals surface area contributed by atoms with Gasteiger partial charge < -0.3 is 10.1 Å². The molecule has 7 heteroatoms. The Balaban J connectivity index is 1.73. The van der Waals surface area contributed by atoms with Gasteiger partial charge in [0.2, 0.25) is 5.91 Å². The lowest BCUT2D eigenvalue weighted by molar-refractivity contribution is -0.123. The van der Waals surface area contributed by atoms with Gasteiger partial charge in [-0.15, -0.1) is 0 Å². The predicted octanol–water partition coefficient (Wildman–Crippen LogP) is 3.35. The van der Waals surface area contributed by atoms with Gasteiger partial charge in [-0.25, -0.2) is 5.43 Å². The summed E-state index contributed by atoms with van der Waals surface area (Å²) >= 11 is 3.32. The molecule has 0 saturated carbocycles. The van der Waals surface area contributed by atoms with Crippen molar-refractivity contribution >= 4 is 39.1 Å². The average molecular weight is 404 g/mol. The number of ether oxygens (including phenoxy) is 1. The van der Waals surface area contributed by atoms with Crippen LogP contribution >= 0.6 is 15.9 Å². The fourth-order valence-corrected chi connectivity index (χ4v) is 2.13. The Morgan fingerprint density at radius 3 is 2.40 bits per heavy atom. The number of anilines is 1. The van der Waals surface area contributed by atoms with E-state index in [2.05, 4.69) is 31.8 Å². The molecule has 0 aliphatic carbocycles. The number of benzene rings is 2. The van der Waals surface area contributed by atoms with Gasteiger partial charge in [-0.05, 0) is 43.3 Å². The normalized spacial score (nSPS) is 10.9. The number of hydrogen-bond donors (Lipinski definition) is 2. The Bertz CT molecular complexity index is 746. The minimum absolute atomic E-state index is 0.0861. The summed E-state index contributed by atoms with van der Waals surface area (Å²) in [7, 11) is 0. The molecular weight excluding hydrogens is 386 g/mol. The zero-order valence-corrected chi connectivity index (χ0v) is 15.2. The van der Waals surface area contributed by atoms with Crippen molar-refractivity contribution in [3.63, 3.8) is 0 Å². The number of rotatable bonds is 7. The van der Waals surface area contributed by atoms with Crippen molar-refractivity contribution in [2.75, 3.05) is 11.9 Å². The van der Waals surface area contributed by atoms with Crippen molar-refractivity contribution in [3.8, 4) is 5.75 Å². The summed E-state index contributed by atoms with van der Waals surface area (Å²) in [6.07, 6.45) is 0.0861. The first-order chi connectivity index (χ1) is 12.0. The van der Waals surface area contributed by atoms with Crippen molar-refractivity contribution in [3.05, 3.63) is 59.1 Å². The SMILES string of the molecule is CC(CC(=O)Nc1ccccc1)=NNC(=O)COc1ccc(Br)cc1. The predicted molar refractivity (Wildman–Crippen MR) is 101 cm³/mol. The van der Waals surface area contributed by atoms with Gasteiger partial charge in [0.05, 0.1) is 6.42 Å². The molecule has 0 aliphatic heterocycles. The lowest BCUT2D eigenvalue weighted by Crippen LogP contribution is -2.26. The van der Waals surface area contributed by atoms with Gasteiger partial charge >= 0.3 is 0 Å². The van der Waals surface area contributed by atoms with Gasteiger partial charge in [-0.2, -0.15) is 5.10 Å². The van der Waals surface area contributed by atoms with E-state index in [1.165, 1.54) is 0 Å². The molecule has 0 radical (unpaired) electrons. The van der Waals surface area contributed by atoms with Crippen molar-refractivity contribution in [1.82, 2.24) is 5.43 Å². The van der Waals surface area contributed by atoms with Crippen LogP contribution in [-0.4, -0.2) is 24.1 Å². The van der Waals surface area contributed by atoms with Gasteiger partial charge in [0.1, 0.15) is 5.75 Å². The highest BCUT2D eigenvalue weighted by atomic mass is 79.9. The molecule has 0 fully saturated rings. The summed E-state index contributed by atoms with van der Waals surface area (Å²) in [5.41, 5.74) is 3.57. The fraction of sp³-hybridized carbons (Fsp3) is 0.167. The van der Waals surface area contributed by atoms with Gasteiger partial charge in [0.25, 0.3) is 5.91 Å². The maximum atomic E-state index is 11.9. The van der Waals surface area contributed by atoms with Crippen LogP contribution in [0.5, 0.6) is 5.75 Å². The molecule has 130 valence electrons. The second-order valence-electron chi connectivity index (χ2n) is 5.22. The number of carbonyl (C=O) groups is 2. The number of nitrogens with zero attached hydrogens (tertiary/aromatic N) is 1. The van der Waals surface area contributed by atoms with Crippen LogP contribution in [0.3, 0.4) is 0 Å². The molecule has 6 nitrogen and oxygen atoms in total. The molecule has 0 heterocycles. The molecule has 2 rings (SSSR count). The van der Waals surface area contributed by atoms with Crippen LogP contribution in [-0.2, 0) is 9.59 Å². The summed E-state index contributed by atoms with van der Waals surface area (Å²) < 4.78 is 6.26. The van der Waals surface area contributed by atoms with Gasteiger partial charge in [-0.1, -0.05) is 34.1 Å². The van der Waals surface area contributed by atoms with E-state index in [0.717, 1.165) is 4.47 Å². The summed E-state index contributed by atoms with van der Waals surface area (Å²) in [5.74, 6) is -0.0140. The summed E-state index contributed by atoms with van der Waals surface area (Å²) in [6, 6.07) is 16.3. The van der Waals surface area contributed by atoms with E-state index in [0.29, 0.717) is 17.1 Å². The van der Waals surface area contributed by atoms with Crippen LogP contribution in [0, 0.1) is 0 Å². The number of halogens is 1. The molecule has 25 heavy (non-hydrogen) atoms. The quantitative estimate of drug-likeness (QED) is 0.549. The first-order valence-corrected chi connectivity index (χ1v) is 8.37. The van der Waals surface area contributed by atoms with E-state index in [1.807, 2.05) is 30.3 Å². The number of hydrazone groups is 1. The van der Waals surface area contributed by atoms with E-state index in [1.54, 1.807) is 31.2 Å². The summed E-state index contributed by atoms with van der Waals surface area (Å²) in [5, 5.41) is 6.65. The van der Waals surface area contributed by atoms with Crippen molar-refractivity contribution in [2.45, 2.75) is 13.3 Å². The monoisotopic (exact) mass is 403 g/mol. The molecule has 0 spiro atoms. The fourth-order valence-electron chi connectivity index (χ4n) is 1.87. The van der Waals surface area contributed by atoms with Crippen LogP contribution in [0.25, 0.3) is 0 Å². The molecule has 2 amide bonds. The maximum absolute atomic E-state index is 11.9. The minimum atomic E-state index is -0.397. The number of hydrogen-bond acceptors (Lipinski definition) is 4. The third-order valence-electron chi connectivity index (χ3n) is 3.03. The lowest BCUT2D eigenvalue weighted by atomic mass is 10.2. The Morgan fingerprint density at radius 2 is 1.72 bits per heavy atom. The number of para-hydroxylation sites is 1. The highest BCUT2D eigenvalue weighted by Gasteiger charge is 2.06. The summed E-state index contributed by atoms with van der Waals surface area (Å²) in [4.78, 5) is 23.6. The molecule has 0 unspecified atom stereocenters. The van der Waals surface area contributed by atoms with Crippen molar-refractivity contribution in [2.24, 2.45) is 5.10 Å². The highest BCUT2D eigenvalue weighted by Crippen LogP contribution is 2.15. The third kappa shape index (κ3) is 7.17. The molecule has 0 aliphatic rings. The Labute approximate surface area is 154 Å². The number of nitrogens with one attached hydrogen (secondary N) is 2. The Hall–Kier alpha value is -2.67. The van der Waals surface area contributed by atoms with Gasteiger partial charge in [0.15, 0.2) is 6.61 Å². The van der Waals surface area contributed by atoms with Gasteiger partial charge in [-0.3, -0.25) is 9.59 Å². The molecule has 2 N–H and O–H groups in total. The topological polar surface area (TPSA) is 79.8 Å². The van der Waals surface area contributed by atoms with Crippen LogP contribution in [0.4, 0.5) is 5.69 Å². The van der Waals surface area contributed by atoms with Crippen molar-refractivity contribution < 1.29 is 14.3 Å². The summed E-state index contributed by atoms with van der Waals surface area (Å²) in [6.45, 7) is 1.51. The standard InChI is InChI=1S/C18H18BrN3O3/c1-13(11-17(23)20-15-5-3-2-4-6-15)21-22-18(24)12-25-16-9-7-14(19)8-10-16/h2-10H,11-12H2,1H3,(H,20,23)(H,22,24). The largest absolute Gasteiger partial charge is 0.484 e. The maximum Gasteiger partial charge on any atom is 0.277 e. The smallest absolute Gasteiger partial charge is 0.277 e. The average Bonchev–Trinajstić information content (AvgIpc) is 2.60. The second kappa shape index (κ2) is 9.58. The van der Waals surface area contributed by atoms with Crippen LogP contribution in [0.1, 0.15) is 13.3 Å². The Kier molecular flexibility index (Phi) is 7.16. The van der Waals surface area contributed by atoms with E-state index >= 15 is 0 Å². The Morgan fingerprint density at radius 1 is 1.04 bits per heavy atom. The van der Waals surface area contributed by atoms with E-state index in [-0.39, 0.29) is 18.9 Å². The van der Waals surface area contributed by atoms with Crippen molar-refractivity contribution in [1.29, 1.82) is 0 Å². The molecule has 0 bridgehead atoms. The molecule has 2 aromatic carbocycles. The molecular formula is C18H18BrN3O3. The number of carbonyl (C=O) groups excluding carboxylic acids is 2. The highest BCUT2D eigenvalue weighted by molar-refractivity contribution is 9.10. The zero-order chi connectivity index (χ0) is 18.1. The lowest BCUT2D eigenvalue weighted by Gasteiger charge is -2.06. The van der Waals surface area contributed by atoms with Crippen LogP contribution in [0.2, 0.25) is 0 Å². The second-order valence-corrected chi connectivity index (χ2v) is 6.13. The van der Waals surface area contributed by atoms with E-state index in [4.69, 9.17) is 4.74 Å². The number of amides is 2. The first-order valence-electron chi connectivity index (χ1n) is 7.58. The molecule has 0 atom stereocenters. The first kappa shape index (κ1) is 18.7. The van der Waals surface area contributed by atoms with Crippen LogP contribution in [0.15, 0.2) is 64.2 Å². The van der Waals surface area contributed by atoms with Gasteiger partial charge in [0, 0.05) is 15.9 Å². The van der Waals surface area contributed by atoms with Crippen LogP contribution < -0.4 is 15.5 Å². The minimum Gasteiger partial charge on any atom is -0.484 e. The van der Waals surface area contributed by atoms with E-state index in [9.17, 15) is 9.59 Å².